The van der Waals surface area contributed by atoms with Gasteiger partial charge in [-0.2, -0.15) is 0 Å². The minimum atomic E-state index is -1.01. The van der Waals surface area contributed by atoms with Crippen LogP contribution in [0.2, 0.25) is 0 Å². The highest BCUT2D eigenvalue weighted by Gasteiger charge is 2.41. The Balaban J connectivity index is 2.40. The monoisotopic (exact) mass is 267 g/mol. The normalized spacial score (nSPS) is 22.7. The maximum Gasteiger partial charge on any atom is 0.173 e. The van der Waals surface area contributed by atoms with Crippen molar-refractivity contribution >= 4 is 5.78 Å². The molecule has 1 aliphatic rings. The van der Waals surface area contributed by atoms with E-state index in [4.69, 9.17) is 0 Å². The van der Waals surface area contributed by atoms with Gasteiger partial charge in [-0.15, -0.1) is 0 Å². The van der Waals surface area contributed by atoms with Gasteiger partial charge in [0.2, 0.25) is 0 Å². The molecular weight excluding hydrogens is 248 g/mol. The molecule has 0 saturated carbocycles. The molecule has 4 heteroatoms. The van der Waals surface area contributed by atoms with Gasteiger partial charge in [-0.25, -0.2) is 8.78 Å². The summed E-state index contributed by atoms with van der Waals surface area (Å²) in [7, 11) is 0. The van der Waals surface area contributed by atoms with Crippen molar-refractivity contribution in [1.29, 1.82) is 0 Å². The van der Waals surface area contributed by atoms with Gasteiger partial charge in [0.1, 0.15) is 0 Å². The molecule has 0 bridgehead atoms. The van der Waals surface area contributed by atoms with E-state index < -0.39 is 17.0 Å². The fourth-order valence-electron chi connectivity index (χ4n) is 2.85. The van der Waals surface area contributed by atoms with Crippen LogP contribution in [0.4, 0.5) is 8.78 Å². The van der Waals surface area contributed by atoms with Crippen LogP contribution in [0.3, 0.4) is 0 Å². The van der Waals surface area contributed by atoms with Crippen LogP contribution in [0.5, 0.6) is 0 Å². The van der Waals surface area contributed by atoms with Crippen LogP contribution < -0.4 is 5.32 Å². The number of Topliss-reactive ketones (excluding diaryl/α,β-unsaturated/α-hetero) is 1. The molecule has 1 unspecified atom stereocenters. The van der Waals surface area contributed by atoms with E-state index in [2.05, 4.69) is 5.32 Å². The number of carbonyl (C=O) groups excluding carboxylic acids is 1. The Morgan fingerprint density at radius 1 is 1.37 bits per heavy atom. The van der Waals surface area contributed by atoms with Crippen LogP contribution in [0, 0.1) is 24.0 Å². The molecule has 19 heavy (non-hydrogen) atoms. The van der Waals surface area contributed by atoms with Crippen molar-refractivity contribution in [1.82, 2.24) is 5.32 Å². The Kier molecular flexibility index (Phi) is 3.99. The lowest BCUT2D eigenvalue weighted by atomic mass is 9.76. The first kappa shape index (κ1) is 14.1. The first-order chi connectivity index (χ1) is 9.02. The molecule has 1 atom stereocenters. The second-order valence-corrected chi connectivity index (χ2v) is 5.34. The van der Waals surface area contributed by atoms with Crippen LogP contribution in [-0.4, -0.2) is 18.9 Å². The van der Waals surface area contributed by atoms with E-state index in [1.807, 2.05) is 6.92 Å². The fourth-order valence-corrected chi connectivity index (χ4v) is 2.85. The molecule has 0 spiro atoms. The van der Waals surface area contributed by atoms with Crippen LogP contribution in [0.1, 0.15) is 42.1 Å². The number of rotatable bonds is 4. The maximum absolute atomic E-state index is 14.0. The van der Waals surface area contributed by atoms with Crippen LogP contribution >= 0.6 is 0 Å². The summed E-state index contributed by atoms with van der Waals surface area (Å²) < 4.78 is 27.6. The number of halogens is 2. The molecule has 2 nitrogen and oxygen atoms in total. The second kappa shape index (κ2) is 5.37. The van der Waals surface area contributed by atoms with Gasteiger partial charge in [0, 0.05) is 12.0 Å². The van der Waals surface area contributed by atoms with Crippen molar-refractivity contribution in [2.75, 3.05) is 13.1 Å². The highest BCUT2D eigenvalue weighted by molar-refractivity contribution is 6.01. The van der Waals surface area contributed by atoms with E-state index in [9.17, 15) is 13.6 Å². The Labute approximate surface area is 112 Å². The lowest BCUT2D eigenvalue weighted by Gasteiger charge is -2.26. The third kappa shape index (κ3) is 2.41. The molecule has 0 aliphatic carbocycles. The first-order valence-corrected chi connectivity index (χ1v) is 6.72. The third-order valence-electron chi connectivity index (χ3n) is 3.97. The Morgan fingerprint density at radius 3 is 2.68 bits per heavy atom. The highest BCUT2D eigenvalue weighted by Crippen LogP contribution is 2.36. The van der Waals surface area contributed by atoms with Gasteiger partial charge in [-0.05, 0) is 37.9 Å². The van der Waals surface area contributed by atoms with Crippen LogP contribution in [-0.2, 0) is 0 Å². The molecule has 0 radical (unpaired) electrons. The summed E-state index contributed by atoms with van der Waals surface area (Å²) in [5, 5.41) is 3.16. The number of benzene rings is 1. The number of nitrogens with one attached hydrogen (secondary N) is 1. The van der Waals surface area contributed by atoms with Crippen LogP contribution in [0.25, 0.3) is 0 Å². The van der Waals surface area contributed by atoms with Crippen molar-refractivity contribution in [2.24, 2.45) is 5.41 Å². The molecule has 1 heterocycles. The quantitative estimate of drug-likeness (QED) is 0.849. The zero-order valence-corrected chi connectivity index (χ0v) is 11.4. The van der Waals surface area contributed by atoms with E-state index in [1.165, 1.54) is 19.1 Å². The third-order valence-corrected chi connectivity index (χ3v) is 3.97. The SMILES string of the molecule is CCCC1(C(=O)c2ccc(C)c(F)c2F)CCNC1. The van der Waals surface area contributed by atoms with Gasteiger partial charge >= 0.3 is 0 Å². The minimum Gasteiger partial charge on any atom is -0.316 e. The van der Waals surface area contributed by atoms with Crippen molar-refractivity contribution in [2.45, 2.75) is 33.1 Å². The van der Waals surface area contributed by atoms with Gasteiger partial charge < -0.3 is 5.32 Å². The summed E-state index contributed by atoms with van der Waals surface area (Å²) in [6.07, 6.45) is 2.24. The molecular formula is C15H19F2NO. The summed E-state index contributed by atoms with van der Waals surface area (Å²) >= 11 is 0. The van der Waals surface area contributed by atoms with Gasteiger partial charge in [0.15, 0.2) is 17.4 Å². The number of hydrogen-bond donors (Lipinski definition) is 1. The Hall–Kier alpha value is -1.29. The Morgan fingerprint density at radius 2 is 2.11 bits per heavy atom. The Bertz CT molecular complexity index is 493. The van der Waals surface area contributed by atoms with Crippen molar-refractivity contribution in [3.63, 3.8) is 0 Å². The first-order valence-electron chi connectivity index (χ1n) is 6.72. The minimum absolute atomic E-state index is 0.111. The number of carbonyl (C=O) groups is 1. The van der Waals surface area contributed by atoms with Crippen molar-refractivity contribution in [3.05, 3.63) is 34.9 Å². The van der Waals surface area contributed by atoms with Crippen molar-refractivity contribution in [3.8, 4) is 0 Å². The number of aryl methyl sites for hydroxylation is 1. The van der Waals surface area contributed by atoms with Crippen molar-refractivity contribution < 1.29 is 13.6 Å². The summed E-state index contributed by atoms with van der Waals surface area (Å²) in [6, 6.07) is 2.87. The molecule has 104 valence electrons. The molecule has 1 saturated heterocycles. The molecule has 1 N–H and O–H groups in total. The summed E-state index contributed by atoms with van der Waals surface area (Å²) in [6.45, 7) is 4.79. The second-order valence-electron chi connectivity index (χ2n) is 5.34. The van der Waals surface area contributed by atoms with Gasteiger partial charge in [-0.3, -0.25) is 4.79 Å². The molecule has 0 aromatic heterocycles. The maximum atomic E-state index is 14.0. The van der Waals surface area contributed by atoms with E-state index in [1.54, 1.807) is 0 Å². The summed E-state index contributed by atoms with van der Waals surface area (Å²) in [5.41, 5.74) is -0.458. The molecule has 0 amide bonds. The number of ketones is 1. The molecule has 1 aliphatic heterocycles. The van der Waals surface area contributed by atoms with E-state index >= 15 is 0 Å². The zero-order chi connectivity index (χ0) is 14.0. The molecule has 1 fully saturated rings. The van der Waals surface area contributed by atoms with E-state index in [0.29, 0.717) is 19.4 Å². The topological polar surface area (TPSA) is 29.1 Å². The predicted molar refractivity (Wildman–Crippen MR) is 70.3 cm³/mol. The number of hydrogen-bond acceptors (Lipinski definition) is 2. The van der Waals surface area contributed by atoms with Gasteiger partial charge in [0.25, 0.3) is 0 Å². The van der Waals surface area contributed by atoms with E-state index in [0.717, 1.165) is 13.0 Å². The van der Waals surface area contributed by atoms with Gasteiger partial charge in [0.05, 0.1) is 5.56 Å². The van der Waals surface area contributed by atoms with Gasteiger partial charge in [-0.1, -0.05) is 19.4 Å². The standard InChI is InChI=1S/C15H19F2NO/c1-3-6-15(7-8-18-9-15)14(19)11-5-4-10(2)12(16)13(11)17/h4-5,18H,3,6-9H2,1-2H3. The lowest BCUT2D eigenvalue weighted by molar-refractivity contribution is 0.0796. The average Bonchev–Trinajstić information content (AvgIpc) is 2.86. The fraction of sp³-hybridized carbons (Fsp3) is 0.533. The molecule has 1 aromatic rings. The zero-order valence-electron chi connectivity index (χ0n) is 11.4. The smallest absolute Gasteiger partial charge is 0.173 e. The lowest BCUT2D eigenvalue weighted by Crippen LogP contribution is -2.34. The van der Waals surface area contributed by atoms with Crippen LogP contribution in [0.15, 0.2) is 12.1 Å². The summed E-state index contributed by atoms with van der Waals surface area (Å²) in [4.78, 5) is 12.6. The average molecular weight is 267 g/mol. The summed E-state index contributed by atoms with van der Waals surface area (Å²) in [5.74, 6) is -2.19. The molecule has 2 rings (SSSR count). The molecule has 1 aromatic carbocycles. The van der Waals surface area contributed by atoms with E-state index in [-0.39, 0.29) is 16.9 Å². The largest absolute Gasteiger partial charge is 0.316 e. The predicted octanol–water partition coefficient (Wildman–Crippen LogP) is 3.24. The highest BCUT2D eigenvalue weighted by atomic mass is 19.2.